The van der Waals surface area contributed by atoms with E-state index in [2.05, 4.69) is 16.0 Å². The number of nitrogens with zero attached hydrogens (tertiary/aromatic N) is 1. The first-order valence-electron chi connectivity index (χ1n) is 13.1. The van der Waals surface area contributed by atoms with Gasteiger partial charge in [0.05, 0.1) is 6.42 Å². The van der Waals surface area contributed by atoms with Crippen LogP contribution in [-0.4, -0.2) is 70.4 Å². The number of rotatable bonds is 6. The van der Waals surface area contributed by atoms with Gasteiger partial charge in [-0.2, -0.15) is 0 Å². The van der Waals surface area contributed by atoms with Gasteiger partial charge < -0.3 is 20.9 Å². The van der Waals surface area contributed by atoms with Gasteiger partial charge in [0.1, 0.15) is 24.2 Å². The van der Waals surface area contributed by atoms with Crippen LogP contribution in [0.15, 0.2) is 60.7 Å². The number of carbonyl (C=O) groups is 5. The number of hydrogen-bond donors (Lipinski definition) is 5. The molecule has 0 unspecified atom stereocenters. The van der Waals surface area contributed by atoms with E-state index in [1.807, 2.05) is 36.4 Å². The fourth-order valence-corrected chi connectivity index (χ4v) is 5.03. The van der Waals surface area contributed by atoms with Gasteiger partial charge in [-0.3, -0.25) is 29.2 Å². The van der Waals surface area contributed by atoms with E-state index in [4.69, 9.17) is 5.21 Å². The van der Waals surface area contributed by atoms with E-state index in [9.17, 15) is 24.0 Å². The molecule has 2 aliphatic rings. The molecule has 2 heterocycles. The number of benzene rings is 2. The highest BCUT2D eigenvalue weighted by Crippen LogP contribution is 2.20. The zero-order valence-electron chi connectivity index (χ0n) is 21.5. The van der Waals surface area contributed by atoms with Gasteiger partial charge in [0.2, 0.25) is 29.5 Å². The normalized spacial score (nSPS) is 24.3. The van der Waals surface area contributed by atoms with Gasteiger partial charge in [0, 0.05) is 19.4 Å². The van der Waals surface area contributed by atoms with Crippen LogP contribution in [0, 0.1) is 0 Å². The van der Waals surface area contributed by atoms with Crippen molar-refractivity contribution in [3.05, 3.63) is 71.8 Å². The van der Waals surface area contributed by atoms with Crippen molar-refractivity contribution >= 4 is 29.5 Å². The molecule has 5 N–H and O–H groups in total. The average Bonchev–Trinajstić information content (AvgIpc) is 2.96. The van der Waals surface area contributed by atoms with Crippen LogP contribution in [0.2, 0.25) is 0 Å². The summed E-state index contributed by atoms with van der Waals surface area (Å²) in [5.41, 5.74) is 3.07. The number of fused-ring (bicyclic) bond motifs is 1. The Morgan fingerprint density at radius 2 is 1.31 bits per heavy atom. The van der Waals surface area contributed by atoms with E-state index in [0.29, 0.717) is 25.8 Å². The van der Waals surface area contributed by atoms with Crippen molar-refractivity contribution in [2.24, 2.45) is 0 Å². The molecule has 4 atom stereocenters. The predicted octanol–water partition coefficient (Wildman–Crippen LogP) is 0.216. The van der Waals surface area contributed by atoms with Gasteiger partial charge in [-0.25, -0.2) is 5.48 Å². The largest absolute Gasteiger partial charge is 0.342 e. The third kappa shape index (κ3) is 7.20. The van der Waals surface area contributed by atoms with Crippen molar-refractivity contribution in [3.8, 4) is 0 Å². The van der Waals surface area contributed by atoms with Crippen LogP contribution in [0.4, 0.5) is 0 Å². The minimum absolute atomic E-state index is 0.115. The standard InChI is InChI=1S/C28H33N5O6/c34-24(32-39)17-21-26(36)29-20(15-18-9-3-1-4-10-18)25(35)31-22(16-19-11-5-2-6-12-19)28(38)33-14-8-7-13-23(33)27(37)30-21/h1-6,9-12,20-23,39H,7-8,13-17H2,(H,29,36)(H,30,37)(H,31,35)(H,32,34)/t20-,21+,22+,23-/m1/s1. The zero-order chi connectivity index (χ0) is 27.8. The topological polar surface area (TPSA) is 157 Å². The molecular weight excluding hydrogens is 502 g/mol. The van der Waals surface area contributed by atoms with E-state index in [1.54, 1.807) is 24.3 Å². The first-order valence-corrected chi connectivity index (χ1v) is 13.1. The highest BCUT2D eigenvalue weighted by Gasteiger charge is 2.40. The predicted molar refractivity (Wildman–Crippen MR) is 140 cm³/mol. The summed E-state index contributed by atoms with van der Waals surface area (Å²) in [4.78, 5) is 67.6. The van der Waals surface area contributed by atoms with Crippen LogP contribution in [0.3, 0.4) is 0 Å². The Morgan fingerprint density at radius 3 is 1.92 bits per heavy atom. The molecule has 0 spiro atoms. The van der Waals surface area contributed by atoms with Crippen LogP contribution in [0.1, 0.15) is 36.8 Å². The molecule has 2 saturated heterocycles. The van der Waals surface area contributed by atoms with Gasteiger partial charge in [-0.15, -0.1) is 0 Å². The molecule has 0 saturated carbocycles. The number of hydrogen-bond acceptors (Lipinski definition) is 6. The van der Waals surface area contributed by atoms with Gasteiger partial charge in [-0.05, 0) is 30.4 Å². The molecule has 2 aromatic rings. The quantitative estimate of drug-likeness (QED) is 0.263. The van der Waals surface area contributed by atoms with Crippen LogP contribution >= 0.6 is 0 Å². The van der Waals surface area contributed by atoms with Crippen molar-refractivity contribution in [3.63, 3.8) is 0 Å². The number of carbonyl (C=O) groups excluding carboxylic acids is 5. The highest BCUT2D eigenvalue weighted by molar-refractivity contribution is 5.99. The maximum absolute atomic E-state index is 13.9. The molecule has 2 fully saturated rings. The monoisotopic (exact) mass is 535 g/mol. The molecule has 2 aromatic carbocycles. The fourth-order valence-electron chi connectivity index (χ4n) is 5.03. The van der Waals surface area contributed by atoms with Crippen LogP contribution < -0.4 is 21.4 Å². The lowest BCUT2D eigenvalue weighted by atomic mass is 9.96. The fraction of sp³-hybridized carbons (Fsp3) is 0.393. The lowest BCUT2D eigenvalue weighted by molar-refractivity contribution is -0.147. The second-order valence-electron chi connectivity index (χ2n) is 9.85. The second kappa shape index (κ2) is 13.0. The van der Waals surface area contributed by atoms with Gasteiger partial charge in [0.25, 0.3) is 0 Å². The Kier molecular flexibility index (Phi) is 9.27. The smallest absolute Gasteiger partial charge is 0.246 e. The van der Waals surface area contributed by atoms with Crippen LogP contribution in [0.25, 0.3) is 0 Å². The molecule has 11 heteroatoms. The molecule has 0 aliphatic carbocycles. The summed E-state index contributed by atoms with van der Waals surface area (Å²) < 4.78 is 0. The van der Waals surface area contributed by atoms with Crippen molar-refractivity contribution in [1.82, 2.24) is 26.3 Å². The van der Waals surface area contributed by atoms with E-state index >= 15 is 0 Å². The SMILES string of the molecule is O=C(C[C@@H]1NC(=O)[C@H]2CCCCN2C(=O)[C@H](Cc2ccccc2)NC(=O)[C@@H](Cc2ccccc2)NC1=O)NO. The Labute approximate surface area is 226 Å². The summed E-state index contributed by atoms with van der Waals surface area (Å²) in [7, 11) is 0. The van der Waals surface area contributed by atoms with E-state index in [-0.39, 0.29) is 18.7 Å². The van der Waals surface area contributed by atoms with Crippen LogP contribution in [-0.2, 0) is 36.8 Å². The molecular formula is C28H33N5O6. The first-order chi connectivity index (χ1) is 18.9. The third-order valence-corrected chi connectivity index (χ3v) is 7.05. The maximum atomic E-state index is 13.9. The minimum Gasteiger partial charge on any atom is -0.342 e. The van der Waals surface area contributed by atoms with Crippen molar-refractivity contribution in [2.45, 2.75) is 62.7 Å². The van der Waals surface area contributed by atoms with Crippen molar-refractivity contribution in [2.75, 3.05) is 6.54 Å². The summed E-state index contributed by atoms with van der Waals surface area (Å²) in [6, 6.07) is 14.0. The molecule has 39 heavy (non-hydrogen) atoms. The summed E-state index contributed by atoms with van der Waals surface area (Å²) in [6.07, 6.45) is 1.54. The lowest BCUT2D eigenvalue weighted by Gasteiger charge is -2.38. The average molecular weight is 536 g/mol. The number of hydroxylamine groups is 1. The van der Waals surface area contributed by atoms with Crippen LogP contribution in [0.5, 0.6) is 0 Å². The molecule has 0 bridgehead atoms. The maximum Gasteiger partial charge on any atom is 0.246 e. The number of nitrogens with one attached hydrogen (secondary N) is 4. The van der Waals surface area contributed by atoms with E-state index in [0.717, 1.165) is 11.1 Å². The molecule has 0 radical (unpaired) electrons. The Bertz CT molecular complexity index is 1190. The van der Waals surface area contributed by atoms with Gasteiger partial charge in [-0.1, -0.05) is 60.7 Å². The van der Waals surface area contributed by atoms with E-state index < -0.39 is 54.2 Å². The van der Waals surface area contributed by atoms with Gasteiger partial charge in [0.15, 0.2) is 0 Å². The third-order valence-electron chi connectivity index (χ3n) is 7.05. The molecule has 0 aromatic heterocycles. The molecule has 11 nitrogen and oxygen atoms in total. The summed E-state index contributed by atoms with van der Waals surface area (Å²) in [6.45, 7) is 0.319. The summed E-state index contributed by atoms with van der Waals surface area (Å²) in [5.74, 6) is -3.16. The summed E-state index contributed by atoms with van der Waals surface area (Å²) >= 11 is 0. The van der Waals surface area contributed by atoms with Crippen molar-refractivity contribution in [1.29, 1.82) is 0 Å². The molecule has 4 rings (SSSR count). The van der Waals surface area contributed by atoms with E-state index in [1.165, 1.54) is 10.4 Å². The van der Waals surface area contributed by atoms with Crippen molar-refractivity contribution < 1.29 is 29.2 Å². The Morgan fingerprint density at radius 1 is 0.769 bits per heavy atom. The minimum atomic E-state index is -1.37. The number of amides is 5. The Hall–Kier alpha value is -4.25. The molecule has 5 amide bonds. The Balaban J connectivity index is 1.70. The lowest BCUT2D eigenvalue weighted by Crippen LogP contribution is -2.64. The second-order valence-corrected chi connectivity index (χ2v) is 9.85. The molecule has 2 aliphatic heterocycles. The molecule has 206 valence electrons. The first kappa shape index (κ1) is 27.8. The zero-order valence-corrected chi connectivity index (χ0v) is 21.5. The summed E-state index contributed by atoms with van der Waals surface area (Å²) in [5, 5.41) is 17.1. The van der Waals surface area contributed by atoms with Gasteiger partial charge >= 0.3 is 0 Å². The number of piperidine rings is 1. The highest BCUT2D eigenvalue weighted by atomic mass is 16.5.